The highest BCUT2D eigenvalue weighted by molar-refractivity contribution is 7.97. The van der Waals surface area contributed by atoms with Crippen molar-refractivity contribution < 1.29 is 5.11 Å². The minimum atomic E-state index is 0.101. The Morgan fingerprint density at radius 2 is 2.04 bits per heavy atom. The average molecular weight is 333 g/mol. The van der Waals surface area contributed by atoms with E-state index in [2.05, 4.69) is 20.0 Å². The summed E-state index contributed by atoms with van der Waals surface area (Å²) in [7, 11) is 0. The predicted octanol–water partition coefficient (Wildman–Crippen LogP) is 0.0618. The number of nitrogens with one attached hydrogen (secondary N) is 1. The molecule has 0 fully saturated rings. The minimum absolute atomic E-state index is 0.101. The van der Waals surface area contributed by atoms with E-state index in [1.165, 1.54) is 17.1 Å². The van der Waals surface area contributed by atoms with Crippen LogP contribution >= 0.6 is 11.9 Å². The van der Waals surface area contributed by atoms with E-state index in [4.69, 9.17) is 16.7 Å². The summed E-state index contributed by atoms with van der Waals surface area (Å²) >= 11 is 1.44. The zero-order chi connectivity index (χ0) is 16.5. The first-order chi connectivity index (χ1) is 11.2. The van der Waals surface area contributed by atoms with Crippen LogP contribution in [-0.2, 0) is 6.54 Å². The van der Waals surface area contributed by atoms with Crippen LogP contribution in [0.25, 0.3) is 0 Å². The lowest BCUT2D eigenvalue weighted by molar-refractivity contribution is 0.290. The van der Waals surface area contributed by atoms with E-state index in [-0.39, 0.29) is 6.61 Å². The van der Waals surface area contributed by atoms with Gasteiger partial charge in [0.1, 0.15) is 0 Å². The normalized spacial score (nSPS) is 11.5. The number of nitrogens with two attached hydrogens (primary N) is 2. The maximum absolute atomic E-state index is 8.72. The summed E-state index contributed by atoms with van der Waals surface area (Å²) in [6.45, 7) is 1.02. The number of aliphatic hydroxyl groups excluding tert-OH is 1. The molecule has 1 aromatic heterocycles. The van der Waals surface area contributed by atoms with E-state index >= 15 is 0 Å². The molecule has 1 aromatic carbocycles. The van der Waals surface area contributed by atoms with Gasteiger partial charge >= 0.3 is 0 Å². The topological polar surface area (TPSA) is 126 Å². The molecule has 0 atom stereocenters. The Kier molecular flexibility index (Phi) is 6.76. The van der Waals surface area contributed by atoms with Gasteiger partial charge in [0.05, 0.1) is 19.3 Å². The van der Waals surface area contributed by atoms with E-state index in [0.29, 0.717) is 18.9 Å². The van der Waals surface area contributed by atoms with Crippen LogP contribution in [0, 0.1) is 0 Å². The Morgan fingerprint density at radius 1 is 1.26 bits per heavy atom. The van der Waals surface area contributed by atoms with Gasteiger partial charge in [-0.15, -0.1) is 5.10 Å². The maximum atomic E-state index is 8.72. The number of nitrogens with zero attached hydrogens (tertiary/aromatic N) is 4. The zero-order valence-electron chi connectivity index (χ0n) is 12.5. The molecule has 23 heavy (non-hydrogen) atoms. The van der Waals surface area contributed by atoms with Crippen LogP contribution in [0.5, 0.6) is 0 Å². The molecule has 0 saturated carbocycles. The molecule has 0 spiro atoms. The molecule has 0 radical (unpaired) electrons. The SMILES string of the molecule is N/C(=N\N(N)Cc1ccnnc1)c1ccc(SNCCO)cc1. The number of aliphatic hydroxyl groups is 1. The molecule has 2 rings (SSSR count). The van der Waals surface area contributed by atoms with Crippen molar-refractivity contribution in [1.29, 1.82) is 0 Å². The highest BCUT2D eigenvalue weighted by atomic mass is 32.2. The van der Waals surface area contributed by atoms with Crippen molar-refractivity contribution in [1.82, 2.24) is 20.0 Å². The second kappa shape index (κ2) is 9.06. The summed E-state index contributed by atoms with van der Waals surface area (Å²) in [6.07, 6.45) is 3.22. The number of amidine groups is 1. The maximum Gasteiger partial charge on any atom is 0.152 e. The van der Waals surface area contributed by atoms with E-state index in [1.54, 1.807) is 12.4 Å². The Hall–Kier alpha value is -2.20. The molecule has 0 unspecified atom stereocenters. The Bertz CT molecular complexity index is 621. The molecule has 9 heteroatoms. The largest absolute Gasteiger partial charge is 0.395 e. The Labute approximate surface area is 138 Å². The van der Waals surface area contributed by atoms with E-state index in [9.17, 15) is 0 Å². The number of rotatable bonds is 8. The van der Waals surface area contributed by atoms with Crippen LogP contribution in [0.2, 0.25) is 0 Å². The molecule has 6 N–H and O–H groups in total. The highest BCUT2D eigenvalue weighted by Gasteiger charge is 2.03. The van der Waals surface area contributed by atoms with Crippen LogP contribution in [0.3, 0.4) is 0 Å². The lowest BCUT2D eigenvalue weighted by Gasteiger charge is -2.13. The molecule has 0 saturated heterocycles. The van der Waals surface area contributed by atoms with Gasteiger partial charge in [0, 0.05) is 23.2 Å². The number of hydrogen-bond acceptors (Lipinski definition) is 8. The third-order valence-electron chi connectivity index (χ3n) is 2.78. The van der Waals surface area contributed by atoms with Crippen LogP contribution in [0.4, 0.5) is 0 Å². The van der Waals surface area contributed by atoms with Gasteiger partial charge in [0.15, 0.2) is 5.84 Å². The molecule has 0 aliphatic rings. The monoisotopic (exact) mass is 333 g/mol. The van der Waals surface area contributed by atoms with E-state index in [1.807, 2.05) is 30.3 Å². The molecule has 1 heterocycles. The lowest BCUT2D eigenvalue weighted by Crippen LogP contribution is -2.29. The number of benzene rings is 1. The second-order valence-electron chi connectivity index (χ2n) is 4.58. The Balaban J connectivity index is 1.94. The number of aromatic nitrogens is 2. The minimum Gasteiger partial charge on any atom is -0.395 e. The molecule has 0 bridgehead atoms. The van der Waals surface area contributed by atoms with Crippen LogP contribution in [0.15, 0.2) is 52.7 Å². The fourth-order valence-corrected chi connectivity index (χ4v) is 2.34. The fourth-order valence-electron chi connectivity index (χ4n) is 1.70. The van der Waals surface area contributed by atoms with Gasteiger partial charge in [-0.3, -0.25) is 4.72 Å². The molecule has 0 aliphatic carbocycles. The van der Waals surface area contributed by atoms with Gasteiger partial charge < -0.3 is 10.8 Å². The molecule has 2 aromatic rings. The van der Waals surface area contributed by atoms with Gasteiger partial charge in [-0.05, 0) is 35.7 Å². The summed E-state index contributed by atoms with van der Waals surface area (Å²) < 4.78 is 3.03. The van der Waals surface area contributed by atoms with E-state index in [0.717, 1.165) is 16.0 Å². The van der Waals surface area contributed by atoms with Gasteiger partial charge in [0.25, 0.3) is 0 Å². The molecule has 122 valence electrons. The van der Waals surface area contributed by atoms with Crippen molar-refractivity contribution in [2.45, 2.75) is 11.4 Å². The van der Waals surface area contributed by atoms with Crippen molar-refractivity contribution in [2.24, 2.45) is 16.7 Å². The molecule has 8 nitrogen and oxygen atoms in total. The first kappa shape index (κ1) is 17.2. The van der Waals surface area contributed by atoms with E-state index < -0.39 is 0 Å². The summed E-state index contributed by atoms with van der Waals surface area (Å²) in [4.78, 5) is 1.02. The molecule has 0 aliphatic heterocycles. The lowest BCUT2D eigenvalue weighted by atomic mass is 10.2. The van der Waals surface area contributed by atoms with Crippen LogP contribution in [0.1, 0.15) is 11.1 Å². The number of hydrogen-bond donors (Lipinski definition) is 4. The average Bonchev–Trinajstić information content (AvgIpc) is 2.56. The quantitative estimate of drug-likeness (QED) is 0.133. The van der Waals surface area contributed by atoms with Crippen LogP contribution in [-0.4, -0.2) is 39.4 Å². The third kappa shape index (κ3) is 5.83. The third-order valence-corrected chi connectivity index (χ3v) is 3.64. The standard InChI is InChI=1S/C14H19N7OS/c15-14(20-21(16)10-11-5-6-17-18-9-11)12-1-3-13(4-2-12)23-19-7-8-22/h1-6,9,19,22H,7-8,10,16H2,(H2,15,20). The van der Waals surface area contributed by atoms with Gasteiger partial charge in [-0.25, -0.2) is 11.0 Å². The second-order valence-corrected chi connectivity index (χ2v) is 5.54. The summed E-state index contributed by atoms with van der Waals surface area (Å²) in [5.74, 6) is 6.16. The predicted molar refractivity (Wildman–Crippen MR) is 89.9 cm³/mol. The molecular weight excluding hydrogens is 314 g/mol. The van der Waals surface area contributed by atoms with Crippen molar-refractivity contribution in [2.75, 3.05) is 13.2 Å². The fraction of sp³-hybridized carbons (Fsp3) is 0.214. The highest BCUT2D eigenvalue weighted by Crippen LogP contribution is 2.15. The molecule has 0 amide bonds. The smallest absolute Gasteiger partial charge is 0.152 e. The van der Waals surface area contributed by atoms with Crippen molar-refractivity contribution >= 4 is 17.8 Å². The molecular formula is C14H19N7OS. The zero-order valence-corrected chi connectivity index (χ0v) is 13.3. The van der Waals surface area contributed by atoms with Crippen LogP contribution < -0.4 is 16.3 Å². The van der Waals surface area contributed by atoms with Crippen molar-refractivity contribution in [3.8, 4) is 0 Å². The van der Waals surface area contributed by atoms with Crippen molar-refractivity contribution in [3.05, 3.63) is 53.9 Å². The first-order valence-electron chi connectivity index (χ1n) is 6.92. The van der Waals surface area contributed by atoms with Gasteiger partial charge in [0.2, 0.25) is 0 Å². The van der Waals surface area contributed by atoms with Crippen molar-refractivity contribution in [3.63, 3.8) is 0 Å². The summed E-state index contributed by atoms with van der Waals surface area (Å²) in [5.41, 5.74) is 7.63. The Morgan fingerprint density at radius 3 is 2.70 bits per heavy atom. The summed E-state index contributed by atoms with van der Waals surface area (Å²) in [5, 5.41) is 21.6. The number of hydrazine groups is 1. The van der Waals surface area contributed by atoms with Gasteiger partial charge in [-0.2, -0.15) is 10.2 Å². The first-order valence-corrected chi connectivity index (χ1v) is 7.73. The van der Waals surface area contributed by atoms with Gasteiger partial charge in [-0.1, -0.05) is 12.1 Å². The summed E-state index contributed by atoms with van der Waals surface area (Å²) in [6, 6.07) is 9.37. The number of hydrazone groups is 1.